The van der Waals surface area contributed by atoms with E-state index in [2.05, 4.69) is 63.4 Å². The Balaban J connectivity index is 1.19. The molecule has 3 aliphatic rings. The second-order valence-corrected chi connectivity index (χ2v) is 11.8. The van der Waals surface area contributed by atoms with E-state index >= 15 is 0 Å². The van der Waals surface area contributed by atoms with Gasteiger partial charge in [0.1, 0.15) is 0 Å². The molecule has 0 bridgehead atoms. The average molecular weight is 516 g/mol. The molecular formula is C31H41N5O2. The second kappa shape index (κ2) is 11.0. The third-order valence-corrected chi connectivity index (χ3v) is 9.06. The van der Waals surface area contributed by atoms with E-state index in [1.54, 1.807) is 0 Å². The molecule has 0 radical (unpaired) electrons. The molecule has 0 aliphatic heterocycles. The summed E-state index contributed by atoms with van der Waals surface area (Å²) in [7, 11) is 0. The van der Waals surface area contributed by atoms with Crippen molar-refractivity contribution in [2.75, 3.05) is 11.4 Å². The first kappa shape index (κ1) is 25.4. The van der Waals surface area contributed by atoms with Gasteiger partial charge in [0.15, 0.2) is 0 Å². The molecule has 0 atom stereocenters. The first-order chi connectivity index (χ1) is 18.6. The highest BCUT2D eigenvalue weighted by Gasteiger charge is 2.32. The van der Waals surface area contributed by atoms with Crippen LogP contribution in [0, 0.1) is 11.8 Å². The molecule has 3 aromatic rings. The smallest absolute Gasteiger partial charge is 0.230 e. The zero-order valence-corrected chi connectivity index (χ0v) is 22.6. The molecule has 7 heteroatoms. The lowest BCUT2D eigenvalue weighted by atomic mass is 9.79. The maximum absolute atomic E-state index is 14.0. The van der Waals surface area contributed by atoms with Gasteiger partial charge in [0.2, 0.25) is 5.91 Å². The average Bonchev–Trinajstić information content (AvgIpc) is 3.48. The highest BCUT2D eigenvalue weighted by Crippen LogP contribution is 2.38. The molecule has 0 unspecified atom stereocenters. The van der Waals surface area contributed by atoms with Crippen molar-refractivity contribution in [3.8, 4) is 11.1 Å². The molecule has 202 valence electrons. The van der Waals surface area contributed by atoms with Crippen molar-refractivity contribution < 1.29 is 9.90 Å². The quantitative estimate of drug-likeness (QED) is 0.402. The van der Waals surface area contributed by atoms with Gasteiger partial charge in [-0.1, -0.05) is 12.1 Å². The number of amides is 1. The fourth-order valence-corrected chi connectivity index (χ4v) is 6.44. The predicted molar refractivity (Wildman–Crippen MR) is 149 cm³/mol. The number of carbonyl (C=O) groups excluding carboxylic acids is 1. The number of benzene rings is 1. The fourth-order valence-electron chi connectivity index (χ4n) is 6.44. The lowest BCUT2D eigenvalue weighted by Crippen LogP contribution is -2.41. The van der Waals surface area contributed by atoms with E-state index in [1.807, 2.05) is 17.1 Å². The Labute approximate surface area is 225 Å². The van der Waals surface area contributed by atoms with E-state index in [9.17, 15) is 9.90 Å². The lowest BCUT2D eigenvalue weighted by molar-refractivity contribution is -0.124. The SMILES string of the molecule is CCn1cc([C@H]2CC[C@H](CN(c3cccc(-c4cnn(C5CC5)c4)c3)C(=O)[C@H]3CC[C@H](O)CC3)CC2)cn1. The van der Waals surface area contributed by atoms with E-state index in [-0.39, 0.29) is 17.9 Å². The van der Waals surface area contributed by atoms with Crippen LogP contribution in [0.5, 0.6) is 0 Å². The Hall–Kier alpha value is -2.93. The van der Waals surface area contributed by atoms with Crippen molar-refractivity contribution in [1.29, 1.82) is 0 Å². The molecule has 3 aliphatic carbocycles. The molecular weight excluding hydrogens is 474 g/mol. The Morgan fingerprint density at radius 2 is 1.74 bits per heavy atom. The first-order valence-electron chi connectivity index (χ1n) is 14.7. The lowest BCUT2D eigenvalue weighted by Gasteiger charge is -2.35. The molecule has 3 fully saturated rings. The summed E-state index contributed by atoms with van der Waals surface area (Å²) in [4.78, 5) is 16.0. The minimum atomic E-state index is -0.258. The Morgan fingerprint density at radius 3 is 2.45 bits per heavy atom. The van der Waals surface area contributed by atoms with Gasteiger partial charge in [0, 0.05) is 42.7 Å². The number of nitrogens with zero attached hydrogens (tertiary/aromatic N) is 5. The van der Waals surface area contributed by atoms with Crippen LogP contribution in [0.25, 0.3) is 11.1 Å². The maximum Gasteiger partial charge on any atom is 0.230 e. The maximum atomic E-state index is 14.0. The summed E-state index contributed by atoms with van der Waals surface area (Å²) in [5, 5.41) is 19.1. The highest BCUT2D eigenvalue weighted by molar-refractivity contribution is 5.95. The van der Waals surface area contributed by atoms with Gasteiger partial charge >= 0.3 is 0 Å². The van der Waals surface area contributed by atoms with Crippen LogP contribution in [-0.2, 0) is 11.3 Å². The van der Waals surface area contributed by atoms with Gasteiger partial charge in [0.25, 0.3) is 0 Å². The molecule has 1 N–H and O–H groups in total. The van der Waals surface area contributed by atoms with Crippen LogP contribution in [0.1, 0.15) is 88.7 Å². The van der Waals surface area contributed by atoms with Crippen molar-refractivity contribution in [2.24, 2.45) is 11.8 Å². The van der Waals surface area contributed by atoms with Crippen molar-refractivity contribution >= 4 is 11.6 Å². The van der Waals surface area contributed by atoms with Crippen LogP contribution in [0.4, 0.5) is 5.69 Å². The molecule has 2 aromatic heterocycles. The number of aryl methyl sites for hydroxylation is 1. The Kier molecular flexibility index (Phi) is 7.37. The number of hydrogen-bond acceptors (Lipinski definition) is 4. The summed E-state index contributed by atoms with van der Waals surface area (Å²) in [5.41, 5.74) is 4.57. The minimum absolute atomic E-state index is 0.00380. The van der Waals surface area contributed by atoms with Crippen LogP contribution in [0.3, 0.4) is 0 Å². The van der Waals surface area contributed by atoms with Crippen molar-refractivity contribution in [3.63, 3.8) is 0 Å². The number of hydrogen-bond donors (Lipinski definition) is 1. The van der Waals surface area contributed by atoms with Crippen molar-refractivity contribution in [3.05, 3.63) is 54.6 Å². The van der Waals surface area contributed by atoms with Crippen LogP contribution < -0.4 is 4.90 Å². The van der Waals surface area contributed by atoms with E-state index in [0.29, 0.717) is 17.9 Å². The molecule has 0 spiro atoms. The number of anilines is 1. The van der Waals surface area contributed by atoms with Gasteiger partial charge in [-0.15, -0.1) is 0 Å². The summed E-state index contributed by atoms with van der Waals surface area (Å²) in [6, 6.07) is 9.02. The van der Waals surface area contributed by atoms with Crippen LogP contribution in [-0.4, -0.2) is 43.2 Å². The highest BCUT2D eigenvalue weighted by atomic mass is 16.3. The molecule has 3 saturated carbocycles. The summed E-state index contributed by atoms with van der Waals surface area (Å²) < 4.78 is 4.10. The van der Waals surface area contributed by atoms with E-state index in [1.165, 1.54) is 18.4 Å². The normalized spacial score (nSPS) is 25.8. The topological polar surface area (TPSA) is 76.2 Å². The third kappa shape index (κ3) is 5.58. The second-order valence-electron chi connectivity index (χ2n) is 11.8. The van der Waals surface area contributed by atoms with Crippen molar-refractivity contribution in [2.45, 2.75) is 95.7 Å². The third-order valence-electron chi connectivity index (χ3n) is 9.06. The predicted octanol–water partition coefficient (Wildman–Crippen LogP) is 5.96. The number of carbonyl (C=O) groups is 1. The van der Waals surface area contributed by atoms with Crippen LogP contribution >= 0.6 is 0 Å². The van der Waals surface area contributed by atoms with Gasteiger partial charge < -0.3 is 10.0 Å². The van der Waals surface area contributed by atoms with Gasteiger partial charge in [0.05, 0.1) is 24.5 Å². The largest absolute Gasteiger partial charge is 0.393 e. The molecule has 6 rings (SSSR count). The fraction of sp³-hybridized carbons (Fsp3) is 0.581. The zero-order valence-electron chi connectivity index (χ0n) is 22.6. The molecule has 2 heterocycles. The minimum Gasteiger partial charge on any atom is -0.393 e. The summed E-state index contributed by atoms with van der Waals surface area (Å²) in [5.74, 6) is 1.29. The number of aliphatic hydroxyl groups is 1. The van der Waals surface area contributed by atoms with E-state index in [0.717, 1.165) is 81.3 Å². The number of aliphatic hydroxyl groups excluding tert-OH is 1. The van der Waals surface area contributed by atoms with E-state index < -0.39 is 0 Å². The summed E-state index contributed by atoms with van der Waals surface area (Å²) in [6.07, 6.45) is 18.1. The molecule has 7 nitrogen and oxygen atoms in total. The molecule has 1 amide bonds. The molecule has 0 saturated heterocycles. The van der Waals surface area contributed by atoms with Gasteiger partial charge in [-0.2, -0.15) is 10.2 Å². The number of rotatable bonds is 8. The Morgan fingerprint density at radius 1 is 0.947 bits per heavy atom. The van der Waals surface area contributed by atoms with Gasteiger partial charge in [-0.25, -0.2) is 0 Å². The van der Waals surface area contributed by atoms with Crippen molar-refractivity contribution in [1.82, 2.24) is 19.6 Å². The van der Waals surface area contributed by atoms with Gasteiger partial charge in [-0.05, 0) is 106 Å². The molecule has 1 aromatic carbocycles. The first-order valence-corrected chi connectivity index (χ1v) is 14.7. The number of aromatic nitrogens is 4. The van der Waals surface area contributed by atoms with Crippen LogP contribution in [0.2, 0.25) is 0 Å². The molecule has 38 heavy (non-hydrogen) atoms. The van der Waals surface area contributed by atoms with Crippen LogP contribution in [0.15, 0.2) is 49.1 Å². The monoisotopic (exact) mass is 515 g/mol. The summed E-state index contributed by atoms with van der Waals surface area (Å²) in [6.45, 7) is 3.80. The zero-order chi connectivity index (χ0) is 26.1. The Bertz CT molecular complexity index is 1230. The standard InChI is InChI=1S/C31H41N5O2/c1-2-34-20-26(17-32-34)23-8-6-22(7-9-23)19-35(31(38)24-10-14-30(37)15-11-24)29-5-3-4-25(16-29)27-18-33-36(21-27)28-12-13-28/h3-5,16-18,20-24,28,30,37H,2,6-15,19H2,1H3/t22-,23-,24-,30-. The van der Waals surface area contributed by atoms with Gasteiger partial charge in [-0.3, -0.25) is 14.2 Å². The summed E-state index contributed by atoms with van der Waals surface area (Å²) >= 11 is 0. The van der Waals surface area contributed by atoms with E-state index in [4.69, 9.17) is 0 Å².